The lowest BCUT2D eigenvalue weighted by Gasteiger charge is -2.30. The molecule has 1 aliphatic heterocycles. The van der Waals surface area contributed by atoms with Crippen LogP contribution in [0.5, 0.6) is 0 Å². The van der Waals surface area contributed by atoms with E-state index in [0.29, 0.717) is 0 Å². The van der Waals surface area contributed by atoms with E-state index < -0.39 is 5.54 Å². The third kappa shape index (κ3) is 5.11. The summed E-state index contributed by atoms with van der Waals surface area (Å²) in [6.45, 7) is 11.8. The van der Waals surface area contributed by atoms with Crippen LogP contribution in [0.3, 0.4) is 0 Å². The Hall–Kier alpha value is -0.610. The first kappa shape index (κ1) is 16.4. The minimum absolute atomic E-state index is 0.242. The van der Waals surface area contributed by atoms with Gasteiger partial charge >= 0.3 is 0 Å². The van der Waals surface area contributed by atoms with E-state index in [1.54, 1.807) is 0 Å². The van der Waals surface area contributed by atoms with Crippen LogP contribution in [0.1, 0.15) is 53.4 Å². The van der Waals surface area contributed by atoms with Crippen molar-refractivity contribution >= 4 is 5.91 Å². The molecule has 2 atom stereocenters. The van der Waals surface area contributed by atoms with Crippen molar-refractivity contribution in [3.63, 3.8) is 0 Å². The molecule has 0 radical (unpaired) electrons. The van der Waals surface area contributed by atoms with Crippen LogP contribution in [0.4, 0.5) is 0 Å². The van der Waals surface area contributed by atoms with E-state index in [4.69, 9.17) is 5.73 Å². The van der Waals surface area contributed by atoms with E-state index in [0.717, 1.165) is 25.3 Å². The minimum Gasteiger partial charge on any atom is -0.368 e. The molecule has 0 saturated carbocycles. The zero-order valence-electron chi connectivity index (χ0n) is 13.0. The Kier molecular flexibility index (Phi) is 6.27. The Morgan fingerprint density at radius 3 is 2.68 bits per heavy atom. The summed E-state index contributed by atoms with van der Waals surface area (Å²) in [6.07, 6.45) is 4.45. The maximum atomic E-state index is 11.6. The van der Waals surface area contributed by atoms with E-state index in [1.165, 1.54) is 25.9 Å². The summed E-state index contributed by atoms with van der Waals surface area (Å²) >= 11 is 0. The van der Waals surface area contributed by atoms with Gasteiger partial charge in [-0.15, -0.1) is 0 Å². The molecule has 1 aliphatic rings. The second-order valence-corrected chi connectivity index (χ2v) is 6.46. The van der Waals surface area contributed by atoms with E-state index in [1.807, 2.05) is 20.8 Å². The van der Waals surface area contributed by atoms with Gasteiger partial charge < -0.3 is 16.0 Å². The molecule has 2 unspecified atom stereocenters. The van der Waals surface area contributed by atoms with Gasteiger partial charge in [0.25, 0.3) is 0 Å². The number of primary amides is 1. The molecule has 0 bridgehead atoms. The Morgan fingerprint density at radius 2 is 2.21 bits per heavy atom. The third-order valence-corrected chi connectivity index (χ3v) is 4.25. The van der Waals surface area contributed by atoms with Gasteiger partial charge in [-0.3, -0.25) is 4.79 Å². The number of carbonyl (C=O) groups is 1. The largest absolute Gasteiger partial charge is 0.368 e. The molecule has 4 heteroatoms. The summed E-state index contributed by atoms with van der Waals surface area (Å²) in [4.78, 5) is 14.1. The number of nitrogens with one attached hydrogen (secondary N) is 1. The SMILES string of the molecule is CCC1CCN(CCCC(C)(NC(C)C)C(N)=O)C1. The summed E-state index contributed by atoms with van der Waals surface area (Å²) < 4.78 is 0. The van der Waals surface area contributed by atoms with Crippen LogP contribution >= 0.6 is 0 Å². The highest BCUT2D eigenvalue weighted by molar-refractivity contribution is 5.84. The molecule has 4 nitrogen and oxygen atoms in total. The fourth-order valence-electron chi connectivity index (χ4n) is 3.01. The smallest absolute Gasteiger partial charge is 0.237 e. The van der Waals surface area contributed by atoms with Gasteiger partial charge in [0.05, 0.1) is 5.54 Å². The number of amides is 1. The van der Waals surface area contributed by atoms with Crippen molar-refractivity contribution < 1.29 is 4.79 Å². The molecular formula is C15H31N3O. The van der Waals surface area contributed by atoms with Crippen molar-refractivity contribution in [2.45, 2.75) is 65.0 Å². The number of hydrogen-bond donors (Lipinski definition) is 2. The zero-order valence-corrected chi connectivity index (χ0v) is 13.0. The molecule has 112 valence electrons. The number of nitrogens with two attached hydrogens (primary N) is 1. The lowest BCUT2D eigenvalue weighted by atomic mass is 9.94. The first-order chi connectivity index (χ1) is 8.87. The van der Waals surface area contributed by atoms with E-state index >= 15 is 0 Å². The molecule has 19 heavy (non-hydrogen) atoms. The average molecular weight is 269 g/mol. The van der Waals surface area contributed by atoms with Crippen LogP contribution in [-0.2, 0) is 4.79 Å². The van der Waals surface area contributed by atoms with Crippen LogP contribution < -0.4 is 11.1 Å². The van der Waals surface area contributed by atoms with Gasteiger partial charge in [0.15, 0.2) is 0 Å². The maximum absolute atomic E-state index is 11.6. The van der Waals surface area contributed by atoms with Gasteiger partial charge in [0, 0.05) is 12.6 Å². The van der Waals surface area contributed by atoms with Crippen LogP contribution in [-0.4, -0.2) is 42.0 Å². The molecule has 0 aromatic heterocycles. The van der Waals surface area contributed by atoms with Crippen LogP contribution in [0.2, 0.25) is 0 Å². The standard InChI is InChI=1S/C15H31N3O/c1-5-13-7-10-18(11-13)9-6-8-15(4,14(16)19)17-12(2)3/h12-13,17H,5-11H2,1-4H3,(H2,16,19). The summed E-state index contributed by atoms with van der Waals surface area (Å²) in [7, 11) is 0. The Balaban J connectivity index is 2.35. The highest BCUT2D eigenvalue weighted by atomic mass is 16.1. The van der Waals surface area contributed by atoms with Crippen molar-refractivity contribution in [1.29, 1.82) is 0 Å². The Bertz CT molecular complexity index is 293. The number of hydrogen-bond acceptors (Lipinski definition) is 3. The lowest BCUT2D eigenvalue weighted by Crippen LogP contribution is -2.55. The molecule has 1 fully saturated rings. The van der Waals surface area contributed by atoms with Crippen LogP contribution in [0.15, 0.2) is 0 Å². The molecule has 0 spiro atoms. The van der Waals surface area contributed by atoms with E-state index in [9.17, 15) is 4.79 Å². The van der Waals surface area contributed by atoms with Crippen molar-refractivity contribution in [3.05, 3.63) is 0 Å². The van der Waals surface area contributed by atoms with E-state index in [2.05, 4.69) is 17.1 Å². The molecule has 1 rings (SSSR count). The normalized spacial score (nSPS) is 23.7. The van der Waals surface area contributed by atoms with Gasteiger partial charge in [-0.2, -0.15) is 0 Å². The first-order valence-corrected chi connectivity index (χ1v) is 7.67. The number of carbonyl (C=O) groups excluding carboxylic acids is 1. The zero-order chi connectivity index (χ0) is 14.5. The fourth-order valence-corrected chi connectivity index (χ4v) is 3.01. The van der Waals surface area contributed by atoms with Crippen molar-refractivity contribution in [2.75, 3.05) is 19.6 Å². The van der Waals surface area contributed by atoms with Gasteiger partial charge in [0.2, 0.25) is 5.91 Å². The summed E-state index contributed by atoms with van der Waals surface area (Å²) in [5.74, 6) is 0.630. The van der Waals surface area contributed by atoms with E-state index in [-0.39, 0.29) is 11.9 Å². The molecular weight excluding hydrogens is 238 g/mol. The van der Waals surface area contributed by atoms with Crippen LogP contribution in [0.25, 0.3) is 0 Å². The quantitative estimate of drug-likeness (QED) is 0.705. The molecule has 3 N–H and O–H groups in total. The second kappa shape index (κ2) is 7.25. The maximum Gasteiger partial charge on any atom is 0.237 e. The van der Waals surface area contributed by atoms with Gasteiger partial charge in [-0.05, 0) is 59.0 Å². The van der Waals surface area contributed by atoms with Gasteiger partial charge in [0.1, 0.15) is 0 Å². The lowest BCUT2D eigenvalue weighted by molar-refractivity contribution is -0.124. The van der Waals surface area contributed by atoms with Crippen molar-refractivity contribution in [2.24, 2.45) is 11.7 Å². The Labute approximate surface area is 118 Å². The summed E-state index contributed by atoms with van der Waals surface area (Å²) in [6, 6.07) is 0.272. The highest BCUT2D eigenvalue weighted by Crippen LogP contribution is 2.20. The van der Waals surface area contributed by atoms with Gasteiger partial charge in [-0.1, -0.05) is 13.3 Å². The number of nitrogens with zero attached hydrogens (tertiary/aromatic N) is 1. The number of rotatable bonds is 8. The van der Waals surface area contributed by atoms with Gasteiger partial charge in [-0.25, -0.2) is 0 Å². The highest BCUT2D eigenvalue weighted by Gasteiger charge is 2.31. The topological polar surface area (TPSA) is 58.4 Å². The first-order valence-electron chi connectivity index (χ1n) is 7.67. The minimum atomic E-state index is -0.571. The third-order valence-electron chi connectivity index (χ3n) is 4.25. The van der Waals surface area contributed by atoms with Crippen LogP contribution in [0, 0.1) is 5.92 Å². The molecule has 0 aliphatic carbocycles. The number of likely N-dealkylation sites (tertiary alicyclic amines) is 1. The molecule has 0 aromatic carbocycles. The second-order valence-electron chi connectivity index (χ2n) is 6.46. The fraction of sp³-hybridized carbons (Fsp3) is 0.933. The molecule has 1 saturated heterocycles. The van der Waals surface area contributed by atoms with Crippen molar-refractivity contribution in [3.8, 4) is 0 Å². The molecule has 0 aromatic rings. The summed E-state index contributed by atoms with van der Waals surface area (Å²) in [5.41, 5.74) is 4.97. The monoisotopic (exact) mass is 269 g/mol. The summed E-state index contributed by atoms with van der Waals surface area (Å²) in [5, 5.41) is 3.31. The average Bonchev–Trinajstić information content (AvgIpc) is 2.75. The molecule has 1 heterocycles. The molecule has 1 amide bonds. The van der Waals surface area contributed by atoms with Crippen molar-refractivity contribution in [1.82, 2.24) is 10.2 Å². The predicted molar refractivity (Wildman–Crippen MR) is 79.9 cm³/mol. The Morgan fingerprint density at radius 1 is 1.53 bits per heavy atom. The predicted octanol–water partition coefficient (Wildman–Crippen LogP) is 1.74.